The minimum Gasteiger partial charge on any atom is -0.360 e. The number of H-pyrrole nitrogens is 1. The average molecular weight is 320 g/mol. The van der Waals surface area contributed by atoms with E-state index in [1.165, 1.54) is 17.7 Å². The molecular formula is C20H17FN2O. The number of benzene rings is 2. The smallest absolute Gasteiger partial charge is 0.254 e. The second kappa shape index (κ2) is 5.96. The highest BCUT2D eigenvalue weighted by Gasteiger charge is 2.20. The lowest BCUT2D eigenvalue weighted by Crippen LogP contribution is -2.34. The quantitative estimate of drug-likeness (QED) is 0.753. The number of fused-ring (bicyclic) bond motifs is 1. The van der Waals surface area contributed by atoms with Crippen LogP contribution in [0.15, 0.2) is 60.8 Å². The maximum Gasteiger partial charge on any atom is 0.254 e. The summed E-state index contributed by atoms with van der Waals surface area (Å²) in [6.07, 6.45) is 4.81. The Kier molecular flexibility index (Phi) is 3.65. The second-order valence-electron chi connectivity index (χ2n) is 5.99. The Balaban J connectivity index is 1.57. The zero-order chi connectivity index (χ0) is 16.5. The van der Waals surface area contributed by atoms with Crippen molar-refractivity contribution in [3.05, 3.63) is 77.7 Å². The predicted molar refractivity (Wildman–Crippen MR) is 93.2 cm³/mol. The van der Waals surface area contributed by atoms with Crippen LogP contribution in [0.25, 0.3) is 16.5 Å². The highest BCUT2D eigenvalue weighted by molar-refractivity contribution is 5.96. The van der Waals surface area contributed by atoms with Crippen LogP contribution in [-0.4, -0.2) is 28.9 Å². The number of halogens is 1. The van der Waals surface area contributed by atoms with Crippen LogP contribution in [0.3, 0.4) is 0 Å². The summed E-state index contributed by atoms with van der Waals surface area (Å²) in [5, 5.41) is 1.02. The number of rotatable bonds is 2. The maximum atomic E-state index is 13.3. The lowest BCUT2D eigenvalue weighted by molar-refractivity contribution is 0.0773. The number of aromatic amines is 1. The lowest BCUT2D eigenvalue weighted by Gasteiger charge is -2.26. The van der Waals surface area contributed by atoms with Gasteiger partial charge in [-0.15, -0.1) is 0 Å². The molecule has 0 fully saturated rings. The fraction of sp³-hybridized carbons (Fsp3) is 0.150. The number of aromatic nitrogens is 1. The zero-order valence-electron chi connectivity index (χ0n) is 13.1. The monoisotopic (exact) mass is 320 g/mol. The van der Waals surface area contributed by atoms with Gasteiger partial charge in [0.05, 0.1) is 0 Å². The predicted octanol–water partition coefficient (Wildman–Crippen LogP) is 4.24. The van der Waals surface area contributed by atoms with Gasteiger partial charge in [-0.2, -0.15) is 0 Å². The van der Waals surface area contributed by atoms with E-state index in [9.17, 15) is 9.18 Å². The summed E-state index contributed by atoms with van der Waals surface area (Å²) >= 11 is 0. The van der Waals surface area contributed by atoms with Gasteiger partial charge in [0.25, 0.3) is 5.91 Å². The van der Waals surface area contributed by atoms with Gasteiger partial charge in [-0.3, -0.25) is 4.79 Å². The fourth-order valence-corrected chi connectivity index (χ4v) is 3.23. The van der Waals surface area contributed by atoms with Crippen LogP contribution in [0.5, 0.6) is 0 Å². The van der Waals surface area contributed by atoms with Gasteiger partial charge in [0, 0.05) is 41.3 Å². The summed E-state index contributed by atoms with van der Waals surface area (Å²) in [4.78, 5) is 17.5. The van der Waals surface area contributed by atoms with Crippen molar-refractivity contribution in [1.29, 1.82) is 0 Å². The topological polar surface area (TPSA) is 36.1 Å². The molecule has 0 unspecified atom stereocenters. The van der Waals surface area contributed by atoms with Crippen molar-refractivity contribution in [2.75, 3.05) is 13.1 Å². The van der Waals surface area contributed by atoms with Gasteiger partial charge < -0.3 is 9.88 Å². The SMILES string of the molecule is O=C(c1ccccc1)N1CC=C(c2c[nH]c3cc(F)ccc23)CC1. The standard InChI is InChI=1S/C20H17FN2O/c21-16-6-7-17-18(13-22-19(17)12-16)14-8-10-23(11-9-14)20(24)15-4-2-1-3-5-15/h1-8,12-13,22H,9-11H2. The second-order valence-corrected chi connectivity index (χ2v) is 5.99. The van der Waals surface area contributed by atoms with E-state index >= 15 is 0 Å². The van der Waals surface area contributed by atoms with Crippen LogP contribution in [0.2, 0.25) is 0 Å². The molecule has 120 valence electrons. The molecule has 2 aromatic carbocycles. The number of carbonyl (C=O) groups excluding carboxylic acids is 1. The van der Waals surface area contributed by atoms with E-state index in [-0.39, 0.29) is 11.7 Å². The van der Waals surface area contributed by atoms with Gasteiger partial charge in [0.15, 0.2) is 0 Å². The van der Waals surface area contributed by atoms with Crippen molar-refractivity contribution in [3.63, 3.8) is 0 Å². The summed E-state index contributed by atoms with van der Waals surface area (Å²) in [6.45, 7) is 1.28. The number of hydrogen-bond acceptors (Lipinski definition) is 1. The molecule has 0 aliphatic carbocycles. The third-order valence-electron chi connectivity index (χ3n) is 4.51. The molecule has 0 saturated carbocycles. The van der Waals surface area contributed by atoms with E-state index in [1.807, 2.05) is 41.4 Å². The Labute approximate surface area is 139 Å². The van der Waals surface area contributed by atoms with Gasteiger partial charge in [0.2, 0.25) is 0 Å². The summed E-state index contributed by atoms with van der Waals surface area (Å²) in [5.41, 5.74) is 3.81. The molecule has 1 amide bonds. The Morgan fingerprint density at radius 2 is 1.96 bits per heavy atom. The van der Waals surface area contributed by atoms with Crippen LogP contribution in [0, 0.1) is 5.82 Å². The zero-order valence-corrected chi connectivity index (χ0v) is 13.1. The minimum atomic E-state index is -0.242. The van der Waals surface area contributed by atoms with Gasteiger partial charge in [-0.1, -0.05) is 24.3 Å². The molecule has 2 heterocycles. The first-order valence-electron chi connectivity index (χ1n) is 8.03. The summed E-state index contributed by atoms with van der Waals surface area (Å²) in [5.74, 6) is -0.181. The molecular weight excluding hydrogens is 303 g/mol. The third kappa shape index (κ3) is 2.60. The molecule has 4 rings (SSSR count). The van der Waals surface area contributed by atoms with Crippen LogP contribution >= 0.6 is 0 Å². The molecule has 4 heteroatoms. The van der Waals surface area contributed by atoms with Crippen molar-refractivity contribution in [2.45, 2.75) is 6.42 Å². The van der Waals surface area contributed by atoms with E-state index < -0.39 is 0 Å². The molecule has 0 saturated heterocycles. The molecule has 0 spiro atoms. The first-order valence-corrected chi connectivity index (χ1v) is 8.03. The molecule has 1 aliphatic rings. The fourth-order valence-electron chi connectivity index (χ4n) is 3.23. The number of nitrogens with one attached hydrogen (secondary N) is 1. The van der Waals surface area contributed by atoms with E-state index in [4.69, 9.17) is 0 Å². The highest BCUT2D eigenvalue weighted by Crippen LogP contribution is 2.29. The largest absolute Gasteiger partial charge is 0.360 e. The van der Waals surface area contributed by atoms with Crippen molar-refractivity contribution >= 4 is 22.4 Å². The number of amides is 1. The maximum absolute atomic E-state index is 13.3. The van der Waals surface area contributed by atoms with E-state index in [2.05, 4.69) is 11.1 Å². The van der Waals surface area contributed by atoms with Crippen molar-refractivity contribution in [2.24, 2.45) is 0 Å². The number of nitrogens with zero attached hydrogens (tertiary/aromatic N) is 1. The highest BCUT2D eigenvalue weighted by atomic mass is 19.1. The Morgan fingerprint density at radius 3 is 2.71 bits per heavy atom. The molecule has 3 aromatic rings. The first kappa shape index (κ1) is 14.7. The molecule has 1 aliphatic heterocycles. The van der Waals surface area contributed by atoms with Crippen LogP contribution < -0.4 is 0 Å². The number of carbonyl (C=O) groups is 1. The molecule has 1 N–H and O–H groups in total. The first-order chi connectivity index (χ1) is 11.7. The summed E-state index contributed by atoms with van der Waals surface area (Å²) < 4.78 is 13.3. The summed E-state index contributed by atoms with van der Waals surface area (Å²) in [6, 6.07) is 14.1. The van der Waals surface area contributed by atoms with Crippen molar-refractivity contribution < 1.29 is 9.18 Å². The lowest BCUT2D eigenvalue weighted by atomic mass is 9.98. The average Bonchev–Trinajstić information content (AvgIpc) is 3.05. The van der Waals surface area contributed by atoms with Crippen molar-refractivity contribution in [1.82, 2.24) is 9.88 Å². The van der Waals surface area contributed by atoms with Gasteiger partial charge in [-0.25, -0.2) is 4.39 Å². The molecule has 3 nitrogen and oxygen atoms in total. The van der Waals surface area contributed by atoms with E-state index in [0.29, 0.717) is 13.1 Å². The van der Waals surface area contributed by atoms with Crippen LogP contribution in [0.1, 0.15) is 22.3 Å². The van der Waals surface area contributed by atoms with E-state index in [0.717, 1.165) is 28.5 Å². The molecule has 0 radical (unpaired) electrons. The van der Waals surface area contributed by atoms with Gasteiger partial charge in [-0.05, 0) is 42.3 Å². The number of hydrogen-bond donors (Lipinski definition) is 1. The summed E-state index contributed by atoms with van der Waals surface area (Å²) in [7, 11) is 0. The van der Waals surface area contributed by atoms with Crippen LogP contribution in [0.4, 0.5) is 4.39 Å². The molecule has 0 atom stereocenters. The molecule has 1 aromatic heterocycles. The minimum absolute atomic E-state index is 0.0619. The van der Waals surface area contributed by atoms with Gasteiger partial charge >= 0.3 is 0 Å². The van der Waals surface area contributed by atoms with Crippen LogP contribution in [-0.2, 0) is 0 Å². The van der Waals surface area contributed by atoms with Crippen molar-refractivity contribution in [3.8, 4) is 0 Å². The van der Waals surface area contributed by atoms with Gasteiger partial charge in [0.1, 0.15) is 5.82 Å². The Morgan fingerprint density at radius 1 is 1.12 bits per heavy atom. The normalized spacial score (nSPS) is 14.7. The third-order valence-corrected chi connectivity index (χ3v) is 4.51. The van der Waals surface area contributed by atoms with E-state index in [1.54, 1.807) is 6.07 Å². The Hall–Kier alpha value is -2.88. The Bertz CT molecular complexity index is 927. The molecule has 0 bridgehead atoms. The molecule has 24 heavy (non-hydrogen) atoms.